The van der Waals surface area contributed by atoms with Crippen molar-refractivity contribution < 1.29 is 22.4 Å². The number of ether oxygens (including phenoxy) is 1. The maximum Gasteiger partial charge on any atom is 0.336 e. The van der Waals surface area contributed by atoms with Crippen LogP contribution in [-0.4, -0.2) is 25.4 Å². The Bertz CT molecular complexity index is 1880. The lowest BCUT2D eigenvalue weighted by Gasteiger charge is -2.18. The fraction of sp³-hybridized carbons (Fsp3) is 0.200. The first-order valence-electron chi connectivity index (χ1n) is 12.8. The highest BCUT2D eigenvalue weighted by Gasteiger charge is 2.29. The van der Waals surface area contributed by atoms with Crippen molar-refractivity contribution in [3.8, 4) is 5.75 Å². The van der Waals surface area contributed by atoms with E-state index >= 15 is 0 Å². The number of hydrogen-bond donors (Lipinski definition) is 2. The highest BCUT2D eigenvalue weighted by molar-refractivity contribution is 7.89. The Morgan fingerprint density at radius 3 is 2.55 bits per heavy atom. The Morgan fingerprint density at radius 1 is 1.05 bits per heavy atom. The van der Waals surface area contributed by atoms with E-state index in [-0.39, 0.29) is 27.7 Å². The molecule has 10 heteroatoms. The Balaban J connectivity index is 1.50. The molecular formula is C30H27ClN2O6S. The summed E-state index contributed by atoms with van der Waals surface area (Å²) in [5, 5.41) is 1.62. The molecule has 0 saturated carbocycles. The predicted octanol–water partition coefficient (Wildman–Crippen LogP) is 5.68. The Morgan fingerprint density at radius 2 is 1.80 bits per heavy atom. The molecular weight excluding hydrogens is 552 g/mol. The number of nitrogens with one attached hydrogen (secondary N) is 2. The van der Waals surface area contributed by atoms with Crippen molar-refractivity contribution in [1.82, 2.24) is 9.71 Å². The highest BCUT2D eigenvalue weighted by atomic mass is 35.5. The van der Waals surface area contributed by atoms with E-state index in [0.717, 1.165) is 34.0 Å². The van der Waals surface area contributed by atoms with Gasteiger partial charge in [0.05, 0.1) is 9.92 Å². The van der Waals surface area contributed by atoms with Crippen LogP contribution in [0.5, 0.6) is 5.75 Å². The van der Waals surface area contributed by atoms with Gasteiger partial charge in [0.1, 0.15) is 11.6 Å². The van der Waals surface area contributed by atoms with Gasteiger partial charge in [-0.2, -0.15) is 4.72 Å². The molecule has 2 N–H and O–H groups in total. The van der Waals surface area contributed by atoms with Gasteiger partial charge < -0.3 is 14.1 Å². The van der Waals surface area contributed by atoms with Crippen molar-refractivity contribution in [1.29, 1.82) is 0 Å². The number of hydrogen-bond acceptors (Lipinski definition) is 6. The van der Waals surface area contributed by atoms with Crippen molar-refractivity contribution in [2.24, 2.45) is 0 Å². The average Bonchev–Trinajstić information content (AvgIpc) is 3.32. The molecule has 3 aromatic carbocycles. The molecule has 0 aliphatic heterocycles. The van der Waals surface area contributed by atoms with Gasteiger partial charge in [-0.15, -0.1) is 0 Å². The number of aryl methyl sites for hydroxylation is 2. The van der Waals surface area contributed by atoms with Crippen LogP contribution in [0.4, 0.5) is 0 Å². The summed E-state index contributed by atoms with van der Waals surface area (Å²) in [7, 11) is -4.09. The van der Waals surface area contributed by atoms with Crippen LogP contribution in [0.3, 0.4) is 0 Å². The van der Waals surface area contributed by atoms with E-state index in [1.165, 1.54) is 24.3 Å². The lowest BCUT2D eigenvalue weighted by Crippen LogP contribution is -2.44. The molecule has 2 aromatic heterocycles. The number of para-hydroxylation sites is 1. The average molecular weight is 579 g/mol. The van der Waals surface area contributed by atoms with Gasteiger partial charge in [0.2, 0.25) is 10.0 Å². The molecule has 0 saturated heterocycles. The Kier molecular flexibility index (Phi) is 7.80. The molecule has 8 nitrogen and oxygen atoms in total. The number of benzene rings is 3. The first kappa shape index (κ1) is 27.6. The summed E-state index contributed by atoms with van der Waals surface area (Å²) in [5.41, 5.74) is 2.94. The number of aromatic nitrogens is 1. The number of rotatable bonds is 9. The van der Waals surface area contributed by atoms with Gasteiger partial charge in [0, 0.05) is 41.0 Å². The van der Waals surface area contributed by atoms with E-state index in [1.54, 1.807) is 24.4 Å². The molecule has 5 aromatic rings. The zero-order valence-electron chi connectivity index (χ0n) is 21.9. The van der Waals surface area contributed by atoms with Gasteiger partial charge >= 0.3 is 11.6 Å². The smallest absolute Gasteiger partial charge is 0.336 e. The normalized spacial score (nSPS) is 12.6. The second-order valence-electron chi connectivity index (χ2n) is 9.59. The molecule has 40 heavy (non-hydrogen) atoms. The van der Waals surface area contributed by atoms with Gasteiger partial charge in [-0.3, -0.25) is 0 Å². The molecule has 0 unspecified atom stereocenters. The zero-order chi connectivity index (χ0) is 28.4. The van der Waals surface area contributed by atoms with E-state index in [9.17, 15) is 18.0 Å². The topological polar surface area (TPSA) is 118 Å². The van der Waals surface area contributed by atoms with Crippen LogP contribution in [0, 0.1) is 6.92 Å². The minimum absolute atomic E-state index is 0.00880. The number of halogens is 1. The molecule has 5 rings (SSSR count). The predicted molar refractivity (Wildman–Crippen MR) is 154 cm³/mol. The molecule has 0 bridgehead atoms. The summed E-state index contributed by atoms with van der Waals surface area (Å²) >= 11 is 6.49. The van der Waals surface area contributed by atoms with Gasteiger partial charge in [-0.05, 0) is 48.7 Å². The SMILES string of the molecule is CCCc1cc(=O)oc2cc(OC(=O)[C@@H](Cc3c[nH]c4ccccc34)NS(=O)(=O)c3ccc(C)cc3)c(Cl)cc12. The van der Waals surface area contributed by atoms with Crippen LogP contribution < -0.4 is 15.1 Å². The third-order valence-electron chi connectivity index (χ3n) is 6.62. The number of carbonyl (C=O) groups is 1. The quantitative estimate of drug-likeness (QED) is 0.132. The number of carbonyl (C=O) groups excluding carboxylic acids is 1. The van der Waals surface area contributed by atoms with Crippen LogP contribution in [0.1, 0.15) is 30.0 Å². The third-order valence-corrected chi connectivity index (χ3v) is 8.41. The monoisotopic (exact) mass is 578 g/mol. The molecule has 2 heterocycles. The lowest BCUT2D eigenvalue weighted by molar-refractivity contribution is -0.136. The maximum absolute atomic E-state index is 13.6. The fourth-order valence-corrected chi connectivity index (χ4v) is 6.01. The highest BCUT2D eigenvalue weighted by Crippen LogP contribution is 2.32. The van der Waals surface area contributed by atoms with Gasteiger partial charge in [0.25, 0.3) is 0 Å². The van der Waals surface area contributed by atoms with Crippen LogP contribution in [-0.2, 0) is 27.7 Å². The minimum Gasteiger partial charge on any atom is -0.424 e. The molecule has 1 atom stereocenters. The summed E-state index contributed by atoms with van der Waals surface area (Å²) < 4.78 is 40.1. The summed E-state index contributed by atoms with van der Waals surface area (Å²) in [6, 6.07) is 16.9. The van der Waals surface area contributed by atoms with E-state index in [1.807, 2.05) is 38.1 Å². The number of H-pyrrole nitrogens is 1. The van der Waals surface area contributed by atoms with Gasteiger partial charge in [-0.1, -0.05) is 60.8 Å². The standard InChI is InChI=1S/C30H27ClN2O6S/c1-3-6-19-14-29(34)38-27-16-28(24(31)15-23(19)27)39-30(35)26(13-20-17-32-25-8-5-4-7-22(20)25)33-40(36,37)21-11-9-18(2)10-12-21/h4-5,7-12,14-17,26,32-33H,3,6,13H2,1-2H3/t26-/m1/s1. The molecule has 0 amide bonds. The first-order valence-corrected chi connectivity index (χ1v) is 14.6. The number of sulfonamides is 1. The molecule has 0 radical (unpaired) electrons. The largest absolute Gasteiger partial charge is 0.424 e. The van der Waals surface area contributed by atoms with Crippen LogP contribution >= 0.6 is 11.6 Å². The number of fused-ring (bicyclic) bond motifs is 2. The molecule has 0 aliphatic rings. The number of aromatic amines is 1. The van der Waals surface area contributed by atoms with Crippen LogP contribution in [0.2, 0.25) is 5.02 Å². The summed E-state index contributed by atoms with van der Waals surface area (Å²) in [4.78, 5) is 28.8. The van der Waals surface area contributed by atoms with Crippen molar-refractivity contribution >= 4 is 49.5 Å². The van der Waals surface area contributed by atoms with Crippen molar-refractivity contribution in [2.45, 2.75) is 44.0 Å². The molecule has 0 spiro atoms. The third kappa shape index (κ3) is 5.82. The molecule has 0 fully saturated rings. The summed E-state index contributed by atoms with van der Waals surface area (Å²) in [6.45, 7) is 3.84. The van der Waals surface area contributed by atoms with E-state index < -0.39 is 27.7 Å². The van der Waals surface area contributed by atoms with Gasteiger partial charge in [0.15, 0.2) is 5.75 Å². The summed E-state index contributed by atoms with van der Waals surface area (Å²) in [5.74, 6) is -0.913. The van der Waals surface area contributed by atoms with Crippen molar-refractivity contribution in [3.05, 3.63) is 105 Å². The Hall–Kier alpha value is -3.92. The van der Waals surface area contributed by atoms with Crippen molar-refractivity contribution in [2.75, 3.05) is 0 Å². The second-order valence-corrected chi connectivity index (χ2v) is 11.7. The van der Waals surface area contributed by atoms with E-state index in [4.69, 9.17) is 20.8 Å². The zero-order valence-corrected chi connectivity index (χ0v) is 23.4. The molecule has 0 aliphatic carbocycles. The Labute approximate surface area is 236 Å². The second kappa shape index (κ2) is 11.3. The summed E-state index contributed by atoms with van der Waals surface area (Å²) in [6.07, 6.45) is 3.20. The van der Waals surface area contributed by atoms with Crippen molar-refractivity contribution in [3.63, 3.8) is 0 Å². The molecule has 206 valence electrons. The lowest BCUT2D eigenvalue weighted by atomic mass is 10.1. The van der Waals surface area contributed by atoms with E-state index in [0.29, 0.717) is 11.8 Å². The first-order chi connectivity index (χ1) is 19.1. The van der Waals surface area contributed by atoms with E-state index in [2.05, 4.69) is 9.71 Å². The van der Waals surface area contributed by atoms with Crippen LogP contribution in [0.25, 0.3) is 21.9 Å². The minimum atomic E-state index is -4.09. The van der Waals surface area contributed by atoms with Gasteiger partial charge in [-0.25, -0.2) is 18.0 Å². The fourth-order valence-electron chi connectivity index (χ4n) is 4.63. The maximum atomic E-state index is 13.6. The van der Waals surface area contributed by atoms with Crippen LogP contribution in [0.15, 0.2) is 87.0 Å². The number of esters is 1.